The van der Waals surface area contributed by atoms with E-state index in [0.29, 0.717) is 12.3 Å². The van der Waals surface area contributed by atoms with Crippen LogP contribution < -0.4 is 15.4 Å². The SMILES string of the molecule is COc1ccc(NC(=O)CC2CCNCC2)c(C)c1.Cl. The number of carbonyl (C=O) groups excluding carboxylic acids is 1. The van der Waals surface area contributed by atoms with Crippen molar-refractivity contribution in [3.8, 4) is 5.75 Å². The van der Waals surface area contributed by atoms with E-state index < -0.39 is 0 Å². The van der Waals surface area contributed by atoms with E-state index in [-0.39, 0.29) is 18.3 Å². The van der Waals surface area contributed by atoms with Gasteiger partial charge in [-0.25, -0.2) is 0 Å². The molecule has 0 aromatic heterocycles. The molecule has 0 unspecified atom stereocenters. The van der Waals surface area contributed by atoms with Crippen LogP contribution in [0.5, 0.6) is 5.75 Å². The van der Waals surface area contributed by atoms with Crippen molar-refractivity contribution in [3.63, 3.8) is 0 Å². The van der Waals surface area contributed by atoms with Gasteiger partial charge in [-0.1, -0.05) is 0 Å². The number of ether oxygens (including phenoxy) is 1. The Balaban J connectivity index is 0.00000200. The van der Waals surface area contributed by atoms with Gasteiger partial charge in [0.15, 0.2) is 0 Å². The maximum Gasteiger partial charge on any atom is 0.224 e. The summed E-state index contributed by atoms with van der Waals surface area (Å²) in [7, 11) is 1.64. The van der Waals surface area contributed by atoms with Gasteiger partial charge in [0.05, 0.1) is 7.11 Å². The van der Waals surface area contributed by atoms with Crippen LogP contribution in [0.2, 0.25) is 0 Å². The van der Waals surface area contributed by atoms with Crippen LogP contribution in [0.4, 0.5) is 5.69 Å². The van der Waals surface area contributed by atoms with Crippen molar-refractivity contribution in [2.24, 2.45) is 5.92 Å². The van der Waals surface area contributed by atoms with Crippen molar-refractivity contribution >= 4 is 24.0 Å². The molecule has 0 saturated carbocycles. The van der Waals surface area contributed by atoms with Crippen LogP contribution >= 0.6 is 12.4 Å². The molecule has 20 heavy (non-hydrogen) atoms. The Hall–Kier alpha value is -1.26. The topological polar surface area (TPSA) is 50.4 Å². The molecule has 1 aromatic carbocycles. The monoisotopic (exact) mass is 298 g/mol. The average Bonchev–Trinajstić information content (AvgIpc) is 2.42. The van der Waals surface area contributed by atoms with Gasteiger partial charge in [0, 0.05) is 12.1 Å². The Kier molecular flexibility index (Phi) is 6.82. The first-order valence-corrected chi connectivity index (χ1v) is 6.84. The van der Waals surface area contributed by atoms with Gasteiger partial charge >= 0.3 is 0 Å². The third-order valence-corrected chi connectivity index (χ3v) is 3.64. The number of amides is 1. The fourth-order valence-electron chi connectivity index (χ4n) is 2.45. The Morgan fingerprint density at radius 1 is 1.40 bits per heavy atom. The lowest BCUT2D eigenvalue weighted by Crippen LogP contribution is -2.30. The highest BCUT2D eigenvalue weighted by Crippen LogP contribution is 2.22. The van der Waals surface area contributed by atoms with Gasteiger partial charge in [-0.3, -0.25) is 4.79 Å². The number of halogens is 1. The minimum atomic E-state index is 0. The van der Waals surface area contributed by atoms with E-state index in [1.807, 2.05) is 25.1 Å². The first kappa shape index (κ1) is 16.8. The summed E-state index contributed by atoms with van der Waals surface area (Å²) in [4.78, 5) is 12.0. The van der Waals surface area contributed by atoms with Crippen LogP contribution in [0.1, 0.15) is 24.8 Å². The second kappa shape index (κ2) is 8.12. The zero-order valence-corrected chi connectivity index (χ0v) is 12.9. The Morgan fingerprint density at radius 2 is 2.10 bits per heavy atom. The summed E-state index contributed by atoms with van der Waals surface area (Å²) in [5.41, 5.74) is 1.90. The van der Waals surface area contributed by atoms with Gasteiger partial charge in [-0.2, -0.15) is 0 Å². The largest absolute Gasteiger partial charge is 0.497 e. The highest BCUT2D eigenvalue weighted by Gasteiger charge is 2.17. The van der Waals surface area contributed by atoms with E-state index in [2.05, 4.69) is 10.6 Å². The molecule has 0 aliphatic carbocycles. The molecule has 0 spiro atoms. The van der Waals surface area contributed by atoms with E-state index in [0.717, 1.165) is 42.9 Å². The number of rotatable bonds is 4. The van der Waals surface area contributed by atoms with E-state index in [1.165, 1.54) is 0 Å². The lowest BCUT2D eigenvalue weighted by molar-refractivity contribution is -0.117. The number of benzene rings is 1. The van der Waals surface area contributed by atoms with Gasteiger partial charge in [0.25, 0.3) is 0 Å². The first-order chi connectivity index (χ1) is 9.19. The van der Waals surface area contributed by atoms with Crippen LogP contribution in [0, 0.1) is 12.8 Å². The highest BCUT2D eigenvalue weighted by atomic mass is 35.5. The van der Waals surface area contributed by atoms with E-state index in [4.69, 9.17) is 4.74 Å². The molecule has 1 heterocycles. The van der Waals surface area contributed by atoms with Crippen molar-refractivity contribution in [3.05, 3.63) is 23.8 Å². The van der Waals surface area contributed by atoms with Crippen LogP contribution in [-0.4, -0.2) is 26.1 Å². The van der Waals surface area contributed by atoms with Gasteiger partial charge in [0.2, 0.25) is 5.91 Å². The van der Waals surface area contributed by atoms with E-state index >= 15 is 0 Å². The smallest absolute Gasteiger partial charge is 0.224 e. The van der Waals surface area contributed by atoms with Gasteiger partial charge < -0.3 is 15.4 Å². The Labute approximate surface area is 126 Å². The fraction of sp³-hybridized carbons (Fsp3) is 0.533. The highest BCUT2D eigenvalue weighted by molar-refractivity contribution is 5.91. The summed E-state index contributed by atoms with van der Waals surface area (Å²) in [6.45, 7) is 4.03. The van der Waals surface area contributed by atoms with E-state index in [1.54, 1.807) is 7.11 Å². The molecule has 1 amide bonds. The van der Waals surface area contributed by atoms with Gasteiger partial charge in [0.1, 0.15) is 5.75 Å². The molecule has 2 rings (SSSR count). The van der Waals surface area contributed by atoms with Crippen molar-refractivity contribution in [1.82, 2.24) is 5.32 Å². The number of piperidine rings is 1. The van der Waals surface area contributed by atoms with Crippen LogP contribution in [0.25, 0.3) is 0 Å². The number of hydrogen-bond donors (Lipinski definition) is 2. The van der Waals surface area contributed by atoms with Gasteiger partial charge in [-0.05, 0) is 62.5 Å². The van der Waals surface area contributed by atoms with E-state index in [9.17, 15) is 4.79 Å². The molecule has 112 valence electrons. The molecular formula is C15H23ClN2O2. The predicted octanol–water partition coefficient (Wildman–Crippen LogP) is 2.75. The summed E-state index contributed by atoms with van der Waals surface area (Å²) < 4.78 is 5.16. The molecule has 4 nitrogen and oxygen atoms in total. The number of anilines is 1. The first-order valence-electron chi connectivity index (χ1n) is 6.84. The molecule has 0 radical (unpaired) electrons. The molecule has 2 N–H and O–H groups in total. The van der Waals surface area contributed by atoms with Gasteiger partial charge in [-0.15, -0.1) is 12.4 Å². The molecule has 1 aromatic rings. The molecule has 1 aliphatic rings. The molecule has 0 bridgehead atoms. The molecule has 1 aliphatic heterocycles. The predicted molar refractivity (Wildman–Crippen MR) is 83.8 cm³/mol. The maximum atomic E-state index is 12.0. The summed E-state index contributed by atoms with van der Waals surface area (Å²) >= 11 is 0. The molecule has 1 saturated heterocycles. The summed E-state index contributed by atoms with van der Waals surface area (Å²) in [5.74, 6) is 1.44. The third-order valence-electron chi connectivity index (χ3n) is 3.64. The summed E-state index contributed by atoms with van der Waals surface area (Å²) in [6, 6.07) is 5.70. The normalized spacial score (nSPS) is 15.3. The van der Waals surface area contributed by atoms with Crippen LogP contribution in [0.3, 0.4) is 0 Å². The minimum Gasteiger partial charge on any atom is -0.497 e. The number of methoxy groups -OCH3 is 1. The molecule has 0 atom stereocenters. The number of hydrogen-bond acceptors (Lipinski definition) is 3. The second-order valence-corrected chi connectivity index (χ2v) is 5.13. The Morgan fingerprint density at radius 3 is 2.70 bits per heavy atom. The lowest BCUT2D eigenvalue weighted by atomic mass is 9.94. The minimum absolute atomic E-state index is 0. The lowest BCUT2D eigenvalue weighted by Gasteiger charge is -2.22. The summed E-state index contributed by atoms with van der Waals surface area (Å²) in [6.07, 6.45) is 2.80. The van der Waals surface area contributed by atoms with Crippen molar-refractivity contribution in [2.75, 3.05) is 25.5 Å². The Bertz CT molecular complexity index is 445. The number of nitrogens with one attached hydrogen (secondary N) is 2. The average molecular weight is 299 g/mol. The van der Waals surface area contributed by atoms with Crippen LogP contribution in [-0.2, 0) is 4.79 Å². The molecule has 5 heteroatoms. The van der Waals surface area contributed by atoms with Crippen molar-refractivity contribution in [2.45, 2.75) is 26.2 Å². The third kappa shape index (κ3) is 4.69. The molecular weight excluding hydrogens is 276 g/mol. The molecule has 1 fully saturated rings. The quantitative estimate of drug-likeness (QED) is 0.898. The fourth-order valence-corrected chi connectivity index (χ4v) is 2.45. The van der Waals surface area contributed by atoms with Crippen molar-refractivity contribution < 1.29 is 9.53 Å². The van der Waals surface area contributed by atoms with Crippen molar-refractivity contribution in [1.29, 1.82) is 0 Å². The zero-order chi connectivity index (χ0) is 13.7. The number of aryl methyl sites for hydroxylation is 1. The number of carbonyl (C=O) groups is 1. The zero-order valence-electron chi connectivity index (χ0n) is 12.1. The standard InChI is InChI=1S/C15H22N2O2.ClH/c1-11-9-13(19-2)3-4-14(11)17-15(18)10-12-5-7-16-8-6-12;/h3-4,9,12,16H,5-8,10H2,1-2H3,(H,17,18);1H. The summed E-state index contributed by atoms with van der Waals surface area (Å²) in [5, 5.41) is 6.31. The maximum absolute atomic E-state index is 12.0. The second-order valence-electron chi connectivity index (χ2n) is 5.13. The van der Waals surface area contributed by atoms with Crippen LogP contribution in [0.15, 0.2) is 18.2 Å².